The van der Waals surface area contributed by atoms with Gasteiger partial charge in [-0.05, 0) is 0 Å². The van der Waals surface area contributed by atoms with E-state index in [9.17, 15) is 4.79 Å². The molecule has 0 unspecified atom stereocenters. The normalized spacial score (nSPS) is 8.33. The fourth-order valence-electron chi connectivity index (χ4n) is 0.0373. The van der Waals surface area contributed by atoms with Gasteiger partial charge in [-0.2, -0.15) is 0 Å². The van der Waals surface area contributed by atoms with Crippen molar-refractivity contribution >= 4 is 17.2 Å². The Balaban J connectivity index is 2.99. The molecule has 0 spiro atoms. The third kappa shape index (κ3) is 2.19. The summed E-state index contributed by atoms with van der Waals surface area (Å²) in [4.78, 5) is 9.77. The minimum atomic E-state index is -0.407. The van der Waals surface area contributed by atoms with E-state index in [1.165, 1.54) is 0 Å². The number of carbonyl (C=O) groups is 1. The molecule has 0 saturated heterocycles. The van der Waals surface area contributed by atoms with Gasteiger partial charge in [-0.25, -0.2) is 0 Å². The molecule has 0 saturated carbocycles. The molecule has 0 amide bonds. The Morgan fingerprint density at radius 2 is 2.50 bits per heavy atom. The van der Waals surface area contributed by atoms with Gasteiger partial charge in [-0.15, -0.1) is 0 Å². The van der Waals surface area contributed by atoms with Crippen LogP contribution in [0.15, 0.2) is 0 Å². The van der Waals surface area contributed by atoms with E-state index in [-0.39, 0.29) is 18.6 Å². The third-order valence-corrected chi connectivity index (χ3v) is 0.639. The lowest BCUT2D eigenvalue weighted by Crippen LogP contribution is -2.08. The van der Waals surface area contributed by atoms with Gasteiger partial charge in [-0.1, -0.05) is 0 Å². The molecule has 0 aromatic heterocycles. The molecule has 0 atom stereocenters. The number of hydrogen-bond acceptors (Lipinski definition) is 4. The summed E-state index contributed by atoms with van der Waals surface area (Å²) in [5.41, 5.74) is 4.75. The highest BCUT2D eigenvalue weighted by Gasteiger charge is 1.90. The van der Waals surface area contributed by atoms with Crippen LogP contribution in [-0.2, 0) is 4.79 Å². The molecule has 36 valence electrons. The lowest BCUT2D eigenvalue weighted by atomic mass is 10.8. The van der Waals surface area contributed by atoms with E-state index in [4.69, 9.17) is 10.3 Å². The SMILES string of the molecule is NCC(=O)SO. The summed E-state index contributed by atoms with van der Waals surface area (Å²) in [5, 5.41) is -0.407. The van der Waals surface area contributed by atoms with E-state index in [0.29, 0.717) is 0 Å². The minimum Gasteiger partial charge on any atom is -0.323 e. The fraction of sp³-hybridized carbons (Fsp3) is 0.500. The molecular weight excluding hydrogens is 102 g/mol. The highest BCUT2D eigenvalue weighted by molar-refractivity contribution is 8.08. The Bertz CT molecular complexity index is 49.5. The van der Waals surface area contributed by atoms with Crippen LogP contribution >= 0.6 is 12.0 Å². The summed E-state index contributed by atoms with van der Waals surface area (Å²) >= 11 is 0.161. The van der Waals surface area contributed by atoms with Crippen molar-refractivity contribution in [2.75, 3.05) is 6.54 Å². The number of hydrogen-bond donors (Lipinski definition) is 2. The summed E-state index contributed by atoms with van der Waals surface area (Å²) in [6.45, 7) is -0.0961. The number of nitrogens with two attached hydrogens (primary N) is 1. The van der Waals surface area contributed by atoms with Crippen molar-refractivity contribution in [1.82, 2.24) is 0 Å². The van der Waals surface area contributed by atoms with E-state index >= 15 is 0 Å². The molecule has 0 bridgehead atoms. The Labute approximate surface area is 39.7 Å². The second kappa shape index (κ2) is 3.14. The third-order valence-electron chi connectivity index (χ3n) is 0.268. The molecule has 0 aliphatic heterocycles. The van der Waals surface area contributed by atoms with Gasteiger partial charge in [0.2, 0.25) is 5.12 Å². The van der Waals surface area contributed by atoms with Crippen molar-refractivity contribution in [2.24, 2.45) is 5.73 Å². The molecular formula is C2H5NO2S. The molecule has 6 heavy (non-hydrogen) atoms. The van der Waals surface area contributed by atoms with Crippen LogP contribution in [0.1, 0.15) is 0 Å². The molecule has 0 fully saturated rings. The van der Waals surface area contributed by atoms with Crippen molar-refractivity contribution in [3.05, 3.63) is 0 Å². The second-order valence-corrected chi connectivity index (χ2v) is 1.31. The maximum Gasteiger partial charge on any atom is 0.228 e. The van der Waals surface area contributed by atoms with Crippen LogP contribution in [0.3, 0.4) is 0 Å². The van der Waals surface area contributed by atoms with Crippen molar-refractivity contribution < 1.29 is 9.35 Å². The van der Waals surface area contributed by atoms with Gasteiger partial charge < -0.3 is 10.3 Å². The van der Waals surface area contributed by atoms with Crippen molar-refractivity contribution in [3.63, 3.8) is 0 Å². The van der Waals surface area contributed by atoms with Crippen LogP contribution in [0.25, 0.3) is 0 Å². The average molecular weight is 107 g/mol. The molecule has 0 aliphatic rings. The predicted molar refractivity (Wildman–Crippen MR) is 24.3 cm³/mol. The monoisotopic (exact) mass is 107 g/mol. The van der Waals surface area contributed by atoms with Crippen LogP contribution in [0, 0.1) is 0 Å². The van der Waals surface area contributed by atoms with Crippen LogP contribution < -0.4 is 5.73 Å². The molecule has 0 aromatic carbocycles. The van der Waals surface area contributed by atoms with Gasteiger partial charge in [0.15, 0.2) is 0 Å². The molecule has 3 nitrogen and oxygen atoms in total. The van der Waals surface area contributed by atoms with Crippen molar-refractivity contribution in [3.8, 4) is 0 Å². The first kappa shape index (κ1) is 5.94. The molecule has 0 rings (SSSR count). The average Bonchev–Trinajstić information content (AvgIpc) is 1.65. The molecule has 0 aromatic rings. The zero-order chi connectivity index (χ0) is 4.99. The molecule has 0 aliphatic carbocycles. The van der Waals surface area contributed by atoms with E-state index in [2.05, 4.69) is 0 Å². The number of rotatable bonds is 1. The largest absolute Gasteiger partial charge is 0.323 e. The molecule has 3 N–H and O–H groups in total. The topological polar surface area (TPSA) is 63.3 Å². The lowest BCUT2D eigenvalue weighted by Gasteiger charge is -1.79. The van der Waals surface area contributed by atoms with Gasteiger partial charge in [0, 0.05) is 0 Å². The Morgan fingerprint density at radius 3 is 2.50 bits per heavy atom. The Morgan fingerprint density at radius 1 is 2.00 bits per heavy atom. The fourth-order valence-corrected chi connectivity index (χ4v) is 0.112. The maximum absolute atomic E-state index is 9.77. The van der Waals surface area contributed by atoms with Gasteiger partial charge in [0.1, 0.15) is 0 Å². The summed E-state index contributed by atoms with van der Waals surface area (Å²) in [6.07, 6.45) is 0. The Kier molecular flexibility index (Phi) is 3.11. The summed E-state index contributed by atoms with van der Waals surface area (Å²) in [5.74, 6) is 0. The zero-order valence-corrected chi connectivity index (χ0v) is 3.86. The van der Waals surface area contributed by atoms with Gasteiger partial charge in [0.25, 0.3) is 0 Å². The van der Waals surface area contributed by atoms with Crippen molar-refractivity contribution in [2.45, 2.75) is 0 Å². The number of carbonyl (C=O) groups excluding carboxylic acids is 1. The van der Waals surface area contributed by atoms with Gasteiger partial charge in [-0.3, -0.25) is 4.79 Å². The quantitative estimate of drug-likeness (QED) is 0.451. The lowest BCUT2D eigenvalue weighted by molar-refractivity contribution is -0.110. The first-order chi connectivity index (χ1) is 2.81. The second-order valence-electron chi connectivity index (χ2n) is 0.667. The van der Waals surface area contributed by atoms with Crippen LogP contribution in [-0.4, -0.2) is 16.2 Å². The molecule has 0 radical (unpaired) electrons. The first-order valence-electron chi connectivity index (χ1n) is 1.35. The minimum absolute atomic E-state index is 0.0961. The van der Waals surface area contributed by atoms with E-state index in [1.807, 2.05) is 0 Å². The summed E-state index contributed by atoms with van der Waals surface area (Å²) in [6, 6.07) is 0. The van der Waals surface area contributed by atoms with Crippen molar-refractivity contribution in [1.29, 1.82) is 0 Å². The molecule has 4 heteroatoms. The summed E-state index contributed by atoms with van der Waals surface area (Å²) < 4.78 is 7.82. The summed E-state index contributed by atoms with van der Waals surface area (Å²) in [7, 11) is 0. The predicted octanol–water partition coefficient (Wildman–Crippen LogP) is -0.322. The highest BCUT2D eigenvalue weighted by atomic mass is 32.2. The smallest absolute Gasteiger partial charge is 0.228 e. The highest BCUT2D eigenvalue weighted by Crippen LogP contribution is 1.87. The van der Waals surface area contributed by atoms with Gasteiger partial charge >= 0.3 is 0 Å². The Hall–Kier alpha value is -0.0600. The zero-order valence-electron chi connectivity index (χ0n) is 3.05. The standard InChI is InChI=1S/C2H5NO2S/c3-1-2(4)6-5/h5H,1,3H2. The first-order valence-corrected chi connectivity index (χ1v) is 2.13. The van der Waals surface area contributed by atoms with Crippen LogP contribution in [0.2, 0.25) is 0 Å². The van der Waals surface area contributed by atoms with Crippen LogP contribution in [0.4, 0.5) is 0 Å². The van der Waals surface area contributed by atoms with E-state index in [0.717, 1.165) is 0 Å². The maximum atomic E-state index is 9.77. The van der Waals surface area contributed by atoms with E-state index in [1.54, 1.807) is 0 Å². The molecule has 0 heterocycles. The van der Waals surface area contributed by atoms with Gasteiger partial charge in [0.05, 0.1) is 18.6 Å². The van der Waals surface area contributed by atoms with E-state index < -0.39 is 5.12 Å². The van der Waals surface area contributed by atoms with Crippen LogP contribution in [0.5, 0.6) is 0 Å².